The minimum atomic E-state index is -0.988. The molecule has 118 valence electrons. The summed E-state index contributed by atoms with van der Waals surface area (Å²) < 4.78 is 0. The number of H-pyrrole nitrogens is 1. The maximum atomic E-state index is 12.2. The number of amides is 1. The number of nitrogens with one attached hydrogen (secondary N) is 2. The van der Waals surface area contributed by atoms with Crippen molar-refractivity contribution in [3.8, 4) is 0 Å². The van der Waals surface area contributed by atoms with Crippen LogP contribution in [-0.2, 0) is 16.0 Å². The summed E-state index contributed by atoms with van der Waals surface area (Å²) in [6.07, 6.45) is 2.69. The first-order valence-corrected chi connectivity index (χ1v) is 7.51. The molecule has 2 unspecified atom stereocenters. The Labute approximate surface area is 129 Å². The van der Waals surface area contributed by atoms with Crippen LogP contribution in [0.15, 0.2) is 24.4 Å². The van der Waals surface area contributed by atoms with Crippen LogP contribution in [-0.4, -0.2) is 28.0 Å². The van der Waals surface area contributed by atoms with Gasteiger partial charge in [-0.2, -0.15) is 0 Å². The summed E-state index contributed by atoms with van der Waals surface area (Å²) in [4.78, 5) is 26.6. The van der Waals surface area contributed by atoms with Gasteiger partial charge in [-0.3, -0.25) is 4.79 Å². The average molecular weight is 302 g/mol. The SMILES string of the molecule is CCC(C)C(NC(=O)Cc1c[nH]c2cccc(C)c12)C(=O)O. The fourth-order valence-electron chi connectivity index (χ4n) is 2.67. The number of aliphatic carboxylic acids is 1. The third kappa shape index (κ3) is 3.30. The molecule has 2 atom stereocenters. The van der Waals surface area contributed by atoms with Crippen molar-refractivity contribution in [2.24, 2.45) is 5.92 Å². The van der Waals surface area contributed by atoms with Gasteiger partial charge in [-0.25, -0.2) is 4.79 Å². The predicted octanol–water partition coefficient (Wildman–Crippen LogP) is 2.63. The summed E-state index contributed by atoms with van der Waals surface area (Å²) in [6, 6.07) is 5.07. The van der Waals surface area contributed by atoms with Gasteiger partial charge in [0.2, 0.25) is 5.91 Å². The Balaban J connectivity index is 2.15. The van der Waals surface area contributed by atoms with Crippen LogP contribution in [0.5, 0.6) is 0 Å². The van der Waals surface area contributed by atoms with Crippen LogP contribution in [0, 0.1) is 12.8 Å². The normalized spacial score (nSPS) is 13.8. The zero-order chi connectivity index (χ0) is 16.3. The number of benzene rings is 1. The standard InChI is InChI=1S/C17H22N2O3/c1-4-10(2)16(17(21)22)19-14(20)8-12-9-18-13-7-5-6-11(3)15(12)13/h5-7,9-10,16,18H,4,8H2,1-3H3,(H,19,20)(H,21,22). The van der Waals surface area contributed by atoms with Crippen LogP contribution in [0.2, 0.25) is 0 Å². The quantitative estimate of drug-likeness (QED) is 0.767. The molecule has 3 N–H and O–H groups in total. The number of carboxylic acids is 1. The summed E-state index contributed by atoms with van der Waals surface area (Å²) >= 11 is 0. The van der Waals surface area contributed by atoms with Crippen LogP contribution in [0.3, 0.4) is 0 Å². The Morgan fingerprint density at radius 2 is 2.09 bits per heavy atom. The van der Waals surface area contributed by atoms with Gasteiger partial charge in [0.25, 0.3) is 0 Å². The molecule has 0 aliphatic rings. The Morgan fingerprint density at radius 1 is 1.36 bits per heavy atom. The first-order chi connectivity index (χ1) is 10.4. The molecule has 2 aromatic rings. The van der Waals surface area contributed by atoms with E-state index in [1.807, 2.05) is 45.2 Å². The molecule has 0 saturated carbocycles. The second-order valence-electron chi connectivity index (χ2n) is 5.76. The highest BCUT2D eigenvalue weighted by Gasteiger charge is 2.25. The number of carbonyl (C=O) groups excluding carboxylic acids is 1. The second-order valence-corrected chi connectivity index (χ2v) is 5.76. The van der Waals surface area contributed by atoms with Gasteiger partial charge in [0, 0.05) is 17.1 Å². The van der Waals surface area contributed by atoms with E-state index in [9.17, 15) is 14.7 Å². The van der Waals surface area contributed by atoms with Crippen molar-refractivity contribution < 1.29 is 14.7 Å². The molecule has 0 radical (unpaired) electrons. The molecule has 22 heavy (non-hydrogen) atoms. The number of aryl methyl sites for hydroxylation is 1. The summed E-state index contributed by atoms with van der Waals surface area (Å²) in [6.45, 7) is 5.74. The Bertz CT molecular complexity index is 690. The maximum Gasteiger partial charge on any atom is 0.326 e. The van der Waals surface area contributed by atoms with Crippen LogP contribution < -0.4 is 5.32 Å². The molecule has 1 aromatic heterocycles. The lowest BCUT2D eigenvalue weighted by molar-refractivity contribution is -0.143. The van der Waals surface area contributed by atoms with E-state index >= 15 is 0 Å². The molecule has 1 aromatic carbocycles. The highest BCUT2D eigenvalue weighted by atomic mass is 16.4. The molecular weight excluding hydrogens is 280 g/mol. The molecule has 0 bridgehead atoms. The second kappa shape index (κ2) is 6.64. The van der Waals surface area contributed by atoms with E-state index in [2.05, 4.69) is 10.3 Å². The van der Waals surface area contributed by atoms with Gasteiger partial charge >= 0.3 is 5.97 Å². The molecular formula is C17H22N2O3. The van der Waals surface area contributed by atoms with Gasteiger partial charge in [-0.1, -0.05) is 32.4 Å². The highest BCUT2D eigenvalue weighted by Crippen LogP contribution is 2.22. The van der Waals surface area contributed by atoms with E-state index in [4.69, 9.17) is 0 Å². The highest BCUT2D eigenvalue weighted by molar-refractivity contribution is 5.92. The van der Waals surface area contributed by atoms with Gasteiger partial charge in [0.15, 0.2) is 0 Å². The molecule has 5 nitrogen and oxygen atoms in total. The number of fused-ring (bicyclic) bond motifs is 1. The van der Waals surface area contributed by atoms with Crippen LogP contribution in [0.4, 0.5) is 0 Å². The molecule has 5 heteroatoms. The van der Waals surface area contributed by atoms with Crippen LogP contribution in [0.1, 0.15) is 31.4 Å². The largest absolute Gasteiger partial charge is 0.480 e. The third-order valence-corrected chi connectivity index (χ3v) is 4.14. The minimum absolute atomic E-state index is 0.105. The van der Waals surface area contributed by atoms with Gasteiger partial charge in [0.1, 0.15) is 6.04 Å². The Kier molecular flexibility index (Phi) is 4.85. The Hall–Kier alpha value is -2.30. The lowest BCUT2D eigenvalue weighted by atomic mass is 9.98. The van der Waals surface area contributed by atoms with E-state index in [-0.39, 0.29) is 18.2 Å². The average Bonchev–Trinajstić information content (AvgIpc) is 2.88. The van der Waals surface area contributed by atoms with E-state index in [0.717, 1.165) is 22.0 Å². The molecule has 0 saturated heterocycles. The number of aromatic nitrogens is 1. The number of aromatic amines is 1. The Morgan fingerprint density at radius 3 is 2.73 bits per heavy atom. The predicted molar refractivity (Wildman–Crippen MR) is 85.8 cm³/mol. The van der Waals surface area contributed by atoms with Gasteiger partial charge in [-0.15, -0.1) is 0 Å². The molecule has 2 rings (SSSR count). The van der Waals surface area contributed by atoms with Crippen molar-refractivity contribution in [3.05, 3.63) is 35.5 Å². The van der Waals surface area contributed by atoms with E-state index in [0.29, 0.717) is 6.42 Å². The summed E-state index contributed by atoms with van der Waals surface area (Å²) in [5, 5.41) is 12.9. The molecule has 0 spiro atoms. The maximum absolute atomic E-state index is 12.2. The number of hydrogen-bond donors (Lipinski definition) is 3. The fourth-order valence-corrected chi connectivity index (χ4v) is 2.67. The number of carbonyl (C=O) groups is 2. The summed E-state index contributed by atoms with van der Waals surface area (Å²) in [7, 11) is 0. The smallest absolute Gasteiger partial charge is 0.326 e. The van der Waals surface area contributed by atoms with Crippen molar-refractivity contribution in [1.82, 2.24) is 10.3 Å². The molecule has 1 amide bonds. The fraction of sp³-hybridized carbons (Fsp3) is 0.412. The van der Waals surface area contributed by atoms with Gasteiger partial charge in [-0.05, 0) is 30.0 Å². The van der Waals surface area contributed by atoms with Crippen molar-refractivity contribution in [2.75, 3.05) is 0 Å². The van der Waals surface area contributed by atoms with Gasteiger partial charge < -0.3 is 15.4 Å². The summed E-state index contributed by atoms with van der Waals surface area (Å²) in [5.74, 6) is -1.36. The lowest BCUT2D eigenvalue weighted by Crippen LogP contribution is -2.45. The lowest BCUT2D eigenvalue weighted by Gasteiger charge is -2.20. The van der Waals surface area contributed by atoms with E-state index < -0.39 is 12.0 Å². The van der Waals surface area contributed by atoms with Crippen LogP contribution >= 0.6 is 0 Å². The number of carboxylic acid groups (broad SMARTS) is 1. The molecule has 1 heterocycles. The van der Waals surface area contributed by atoms with Crippen molar-refractivity contribution in [2.45, 2.75) is 39.7 Å². The van der Waals surface area contributed by atoms with Crippen molar-refractivity contribution in [3.63, 3.8) is 0 Å². The topological polar surface area (TPSA) is 82.2 Å². The monoisotopic (exact) mass is 302 g/mol. The van der Waals surface area contributed by atoms with E-state index in [1.54, 1.807) is 0 Å². The van der Waals surface area contributed by atoms with Gasteiger partial charge in [0.05, 0.1) is 6.42 Å². The molecule has 0 fully saturated rings. The minimum Gasteiger partial charge on any atom is -0.480 e. The first kappa shape index (κ1) is 16.1. The zero-order valence-electron chi connectivity index (χ0n) is 13.1. The third-order valence-electron chi connectivity index (χ3n) is 4.14. The zero-order valence-corrected chi connectivity index (χ0v) is 13.1. The number of rotatable bonds is 6. The first-order valence-electron chi connectivity index (χ1n) is 7.51. The van der Waals surface area contributed by atoms with E-state index in [1.165, 1.54) is 0 Å². The van der Waals surface area contributed by atoms with Crippen molar-refractivity contribution >= 4 is 22.8 Å². The number of hydrogen-bond acceptors (Lipinski definition) is 2. The van der Waals surface area contributed by atoms with Crippen molar-refractivity contribution in [1.29, 1.82) is 0 Å². The molecule has 0 aliphatic carbocycles. The van der Waals surface area contributed by atoms with Crippen LogP contribution in [0.25, 0.3) is 10.9 Å². The summed E-state index contributed by atoms with van der Waals surface area (Å²) in [5.41, 5.74) is 2.97. The molecule has 0 aliphatic heterocycles.